The first-order valence-electron chi connectivity index (χ1n) is 4.29. The maximum absolute atomic E-state index is 10.7. The lowest BCUT2D eigenvalue weighted by Gasteiger charge is -2.09. The molecule has 13 heavy (non-hydrogen) atoms. The van der Waals surface area contributed by atoms with Crippen LogP contribution in [0.15, 0.2) is 35.9 Å². The van der Waals surface area contributed by atoms with Crippen LogP contribution in [0.4, 0.5) is 0 Å². The van der Waals surface area contributed by atoms with Gasteiger partial charge in [-0.3, -0.25) is 10.1 Å². The van der Waals surface area contributed by atoms with Crippen molar-refractivity contribution in [2.24, 2.45) is 5.92 Å². The molecule has 0 aromatic heterocycles. The Morgan fingerprint density at radius 1 is 1.69 bits per heavy atom. The summed E-state index contributed by atoms with van der Waals surface area (Å²) in [6.07, 6.45) is 8.88. The minimum absolute atomic E-state index is 0.0987. The van der Waals surface area contributed by atoms with Crippen molar-refractivity contribution in [2.75, 3.05) is 0 Å². The van der Waals surface area contributed by atoms with Gasteiger partial charge in [0.05, 0.1) is 0 Å². The number of hydrogen-bond donors (Lipinski definition) is 1. The van der Waals surface area contributed by atoms with Crippen molar-refractivity contribution < 1.29 is 9.53 Å². The molecule has 2 rings (SSSR count). The number of hydrogen-bond acceptors (Lipinski definition) is 2. The van der Waals surface area contributed by atoms with Gasteiger partial charge < -0.3 is 4.74 Å². The van der Waals surface area contributed by atoms with E-state index in [4.69, 9.17) is 4.74 Å². The lowest BCUT2D eigenvalue weighted by atomic mass is 10.0. The standard InChI is InChI=1S/C10H11NO2/c1-7(12)11-10-6-8-4-2-3-5-9(8)13-10/h2-3,5-6,8H,4H2,1H3,(H,11,12). The van der Waals surface area contributed by atoms with Crippen LogP contribution in [0.1, 0.15) is 13.3 Å². The zero-order valence-electron chi connectivity index (χ0n) is 7.41. The first-order chi connectivity index (χ1) is 6.25. The second kappa shape index (κ2) is 3.09. The molecular formula is C10H11NO2. The van der Waals surface area contributed by atoms with Gasteiger partial charge in [0.1, 0.15) is 5.76 Å². The van der Waals surface area contributed by atoms with Crippen LogP contribution in [-0.2, 0) is 9.53 Å². The van der Waals surface area contributed by atoms with E-state index in [0.717, 1.165) is 12.2 Å². The Hall–Kier alpha value is -1.51. The van der Waals surface area contributed by atoms with Gasteiger partial charge in [0, 0.05) is 12.8 Å². The Bertz CT molecular complexity index is 326. The molecule has 3 nitrogen and oxygen atoms in total. The molecule has 0 aromatic carbocycles. The third-order valence-electron chi connectivity index (χ3n) is 2.03. The van der Waals surface area contributed by atoms with Crippen LogP contribution in [-0.4, -0.2) is 5.91 Å². The van der Waals surface area contributed by atoms with Crippen LogP contribution < -0.4 is 5.32 Å². The fraction of sp³-hybridized carbons (Fsp3) is 0.300. The molecule has 0 radical (unpaired) electrons. The van der Waals surface area contributed by atoms with Gasteiger partial charge in [-0.25, -0.2) is 0 Å². The Balaban J connectivity index is 2.08. The summed E-state index contributed by atoms with van der Waals surface area (Å²) in [5.74, 6) is 1.70. The first kappa shape index (κ1) is 8.10. The van der Waals surface area contributed by atoms with E-state index in [-0.39, 0.29) is 5.91 Å². The molecule has 1 amide bonds. The third kappa shape index (κ3) is 1.64. The molecule has 1 aliphatic heterocycles. The van der Waals surface area contributed by atoms with Crippen molar-refractivity contribution in [3.8, 4) is 0 Å². The fourth-order valence-electron chi connectivity index (χ4n) is 1.47. The number of fused-ring (bicyclic) bond motifs is 1. The molecule has 1 aliphatic carbocycles. The van der Waals surface area contributed by atoms with Crippen LogP contribution in [0.25, 0.3) is 0 Å². The van der Waals surface area contributed by atoms with E-state index >= 15 is 0 Å². The monoisotopic (exact) mass is 177 g/mol. The molecule has 0 bridgehead atoms. The van der Waals surface area contributed by atoms with Crippen LogP contribution in [0.3, 0.4) is 0 Å². The molecular weight excluding hydrogens is 166 g/mol. The Morgan fingerprint density at radius 3 is 3.23 bits per heavy atom. The molecule has 2 aliphatic rings. The minimum Gasteiger partial charge on any atom is -0.445 e. The molecule has 68 valence electrons. The number of ether oxygens (including phenoxy) is 1. The van der Waals surface area contributed by atoms with Gasteiger partial charge in [-0.15, -0.1) is 0 Å². The van der Waals surface area contributed by atoms with E-state index in [1.54, 1.807) is 0 Å². The van der Waals surface area contributed by atoms with Crippen molar-refractivity contribution in [1.82, 2.24) is 5.32 Å². The maximum Gasteiger partial charge on any atom is 0.223 e. The van der Waals surface area contributed by atoms with Crippen molar-refractivity contribution in [2.45, 2.75) is 13.3 Å². The molecule has 0 aromatic rings. The third-order valence-corrected chi connectivity index (χ3v) is 2.03. The summed E-state index contributed by atoms with van der Waals surface area (Å²) in [5.41, 5.74) is 0. The predicted molar refractivity (Wildman–Crippen MR) is 48.3 cm³/mol. The van der Waals surface area contributed by atoms with Gasteiger partial charge >= 0.3 is 0 Å². The van der Waals surface area contributed by atoms with Crippen LogP contribution in [0, 0.1) is 5.92 Å². The van der Waals surface area contributed by atoms with Crippen LogP contribution in [0.5, 0.6) is 0 Å². The Kier molecular flexibility index (Phi) is 1.93. The van der Waals surface area contributed by atoms with Gasteiger partial charge in [0.15, 0.2) is 5.88 Å². The zero-order valence-corrected chi connectivity index (χ0v) is 7.41. The average Bonchev–Trinajstić information content (AvgIpc) is 2.44. The van der Waals surface area contributed by atoms with E-state index in [1.807, 2.05) is 18.2 Å². The quantitative estimate of drug-likeness (QED) is 0.658. The molecule has 3 heteroatoms. The van der Waals surface area contributed by atoms with Crippen LogP contribution in [0.2, 0.25) is 0 Å². The molecule has 1 unspecified atom stereocenters. The molecule has 0 saturated heterocycles. The number of amides is 1. The van der Waals surface area contributed by atoms with Crippen molar-refractivity contribution >= 4 is 5.91 Å². The summed E-state index contributed by atoms with van der Waals surface area (Å²) < 4.78 is 5.42. The highest BCUT2D eigenvalue weighted by Crippen LogP contribution is 2.30. The van der Waals surface area contributed by atoms with Gasteiger partial charge in [-0.05, 0) is 18.6 Å². The van der Waals surface area contributed by atoms with Gasteiger partial charge in [0.25, 0.3) is 0 Å². The van der Waals surface area contributed by atoms with E-state index in [0.29, 0.717) is 11.8 Å². The number of allylic oxidation sites excluding steroid dienone is 4. The Morgan fingerprint density at radius 2 is 2.54 bits per heavy atom. The first-order valence-corrected chi connectivity index (χ1v) is 4.29. The second-order valence-corrected chi connectivity index (χ2v) is 3.15. The normalized spacial score (nSPS) is 24.2. The largest absolute Gasteiger partial charge is 0.445 e. The number of nitrogens with one attached hydrogen (secondary N) is 1. The highest BCUT2D eigenvalue weighted by atomic mass is 16.5. The SMILES string of the molecule is CC(=O)NC1=CC2CC=CC=C2O1. The second-order valence-electron chi connectivity index (χ2n) is 3.15. The van der Waals surface area contributed by atoms with Crippen molar-refractivity contribution in [3.05, 3.63) is 35.9 Å². The summed E-state index contributed by atoms with van der Waals surface area (Å²) in [4.78, 5) is 10.7. The molecule has 0 saturated carbocycles. The highest BCUT2D eigenvalue weighted by Gasteiger charge is 2.23. The van der Waals surface area contributed by atoms with Crippen LogP contribution >= 0.6 is 0 Å². The summed E-state index contributed by atoms with van der Waals surface area (Å²) in [5, 5.41) is 2.63. The molecule has 1 heterocycles. The topological polar surface area (TPSA) is 38.3 Å². The van der Waals surface area contributed by atoms with Gasteiger partial charge in [-0.2, -0.15) is 0 Å². The minimum atomic E-state index is -0.0987. The highest BCUT2D eigenvalue weighted by molar-refractivity contribution is 5.74. The fourth-order valence-corrected chi connectivity index (χ4v) is 1.47. The average molecular weight is 177 g/mol. The Labute approximate surface area is 76.8 Å². The number of carbonyl (C=O) groups is 1. The van der Waals surface area contributed by atoms with E-state index in [1.165, 1.54) is 6.92 Å². The lowest BCUT2D eigenvalue weighted by Crippen LogP contribution is -2.18. The lowest BCUT2D eigenvalue weighted by molar-refractivity contribution is -0.118. The molecule has 0 fully saturated rings. The maximum atomic E-state index is 10.7. The molecule has 0 spiro atoms. The summed E-state index contributed by atoms with van der Waals surface area (Å²) in [6.45, 7) is 1.47. The summed E-state index contributed by atoms with van der Waals surface area (Å²) >= 11 is 0. The summed E-state index contributed by atoms with van der Waals surface area (Å²) in [7, 11) is 0. The van der Waals surface area contributed by atoms with E-state index < -0.39 is 0 Å². The summed E-state index contributed by atoms with van der Waals surface area (Å²) in [6, 6.07) is 0. The molecule has 1 atom stereocenters. The van der Waals surface area contributed by atoms with Crippen molar-refractivity contribution in [3.63, 3.8) is 0 Å². The number of carbonyl (C=O) groups excluding carboxylic acids is 1. The number of rotatable bonds is 1. The predicted octanol–water partition coefficient (Wildman–Crippen LogP) is 1.45. The van der Waals surface area contributed by atoms with E-state index in [2.05, 4.69) is 11.4 Å². The van der Waals surface area contributed by atoms with Gasteiger partial charge in [0.2, 0.25) is 5.91 Å². The zero-order chi connectivity index (χ0) is 9.26. The van der Waals surface area contributed by atoms with Gasteiger partial charge in [-0.1, -0.05) is 12.2 Å². The molecule has 1 N–H and O–H groups in total. The smallest absolute Gasteiger partial charge is 0.223 e. The van der Waals surface area contributed by atoms with E-state index in [9.17, 15) is 4.79 Å². The van der Waals surface area contributed by atoms with Crippen molar-refractivity contribution in [1.29, 1.82) is 0 Å².